The average molecular weight is 355 g/mol. The van der Waals surface area contributed by atoms with Gasteiger partial charge in [-0.3, -0.25) is 4.90 Å². The Kier molecular flexibility index (Phi) is 5.63. The van der Waals surface area contributed by atoms with Crippen molar-refractivity contribution in [3.05, 3.63) is 22.3 Å². The second-order valence-electron chi connectivity index (χ2n) is 6.56. The number of nitrogens with zero attached hydrogens (tertiary/aromatic N) is 3. The predicted octanol–water partition coefficient (Wildman–Crippen LogP) is 2.87. The molecule has 2 heterocycles. The molecule has 0 atom stereocenters. The minimum absolute atomic E-state index is 0.256. The summed E-state index contributed by atoms with van der Waals surface area (Å²) < 4.78 is 1.05. The van der Waals surface area contributed by atoms with Crippen LogP contribution >= 0.6 is 15.9 Å². The fraction of sp³-hybridized carbons (Fsp3) is 0.688. The average Bonchev–Trinajstić information content (AvgIpc) is 2.44. The molecule has 1 saturated heterocycles. The fourth-order valence-electron chi connectivity index (χ4n) is 2.74. The molecule has 0 spiro atoms. The van der Waals surface area contributed by atoms with Crippen molar-refractivity contribution in [2.45, 2.75) is 39.8 Å². The first-order valence-corrected chi connectivity index (χ1v) is 8.56. The zero-order valence-electron chi connectivity index (χ0n) is 13.6. The van der Waals surface area contributed by atoms with Crippen LogP contribution in [0.15, 0.2) is 16.7 Å². The molecule has 0 radical (unpaired) electrons. The zero-order valence-corrected chi connectivity index (χ0v) is 15.2. The summed E-state index contributed by atoms with van der Waals surface area (Å²) in [6, 6.07) is 2.18. The Balaban J connectivity index is 2.09. The summed E-state index contributed by atoms with van der Waals surface area (Å²) in [7, 11) is 0. The van der Waals surface area contributed by atoms with Crippen LogP contribution in [0, 0.1) is 0 Å². The van der Waals surface area contributed by atoms with E-state index in [0.717, 1.165) is 49.6 Å². The maximum Gasteiger partial charge on any atom is 0.133 e. The fourth-order valence-corrected chi connectivity index (χ4v) is 3.12. The Bertz CT molecular complexity index is 462. The standard InChI is InChI=1S/C16H27BrN4/c1-5-18-11-13-10-14(17)12-19-15(13)20-6-8-21(9-7-20)16(2,3)4/h10,12,18H,5-9,11H2,1-4H3. The molecule has 1 aliphatic heterocycles. The van der Waals surface area contributed by atoms with E-state index in [2.05, 4.69) is 69.8 Å². The molecule has 5 heteroatoms. The largest absolute Gasteiger partial charge is 0.354 e. The molecule has 0 amide bonds. The molecule has 2 rings (SSSR count). The highest BCUT2D eigenvalue weighted by atomic mass is 79.9. The van der Waals surface area contributed by atoms with Gasteiger partial charge in [0.05, 0.1) is 0 Å². The Hall–Kier alpha value is -0.650. The molecule has 0 aliphatic carbocycles. The number of halogens is 1. The minimum atomic E-state index is 0.256. The lowest BCUT2D eigenvalue weighted by Crippen LogP contribution is -2.53. The third-order valence-corrected chi connectivity index (χ3v) is 4.44. The molecule has 0 unspecified atom stereocenters. The minimum Gasteiger partial charge on any atom is -0.354 e. The Morgan fingerprint density at radius 3 is 2.48 bits per heavy atom. The number of piperazine rings is 1. The van der Waals surface area contributed by atoms with Gasteiger partial charge in [-0.2, -0.15) is 0 Å². The molecule has 1 aliphatic rings. The smallest absolute Gasteiger partial charge is 0.133 e. The molecule has 1 N–H and O–H groups in total. The SMILES string of the molecule is CCNCc1cc(Br)cnc1N1CCN(C(C)(C)C)CC1. The lowest BCUT2D eigenvalue weighted by Gasteiger charge is -2.43. The van der Waals surface area contributed by atoms with Crippen LogP contribution in [-0.4, -0.2) is 48.1 Å². The van der Waals surface area contributed by atoms with Crippen molar-refractivity contribution in [2.75, 3.05) is 37.6 Å². The van der Waals surface area contributed by atoms with Gasteiger partial charge in [0.25, 0.3) is 0 Å². The van der Waals surface area contributed by atoms with E-state index in [4.69, 9.17) is 0 Å². The van der Waals surface area contributed by atoms with Crippen LogP contribution in [-0.2, 0) is 6.54 Å². The van der Waals surface area contributed by atoms with Crippen molar-refractivity contribution in [1.82, 2.24) is 15.2 Å². The maximum absolute atomic E-state index is 4.66. The summed E-state index contributed by atoms with van der Waals surface area (Å²) >= 11 is 3.53. The Morgan fingerprint density at radius 2 is 1.90 bits per heavy atom. The monoisotopic (exact) mass is 354 g/mol. The number of nitrogens with one attached hydrogen (secondary N) is 1. The second-order valence-corrected chi connectivity index (χ2v) is 7.48. The second kappa shape index (κ2) is 7.07. The van der Waals surface area contributed by atoms with Gasteiger partial charge in [0, 0.05) is 54.5 Å². The van der Waals surface area contributed by atoms with E-state index >= 15 is 0 Å². The summed E-state index contributed by atoms with van der Waals surface area (Å²) in [5.41, 5.74) is 1.53. The normalized spacial score (nSPS) is 17.3. The van der Waals surface area contributed by atoms with Gasteiger partial charge in [-0.25, -0.2) is 4.98 Å². The van der Waals surface area contributed by atoms with E-state index in [1.807, 2.05) is 6.20 Å². The number of hydrogen-bond donors (Lipinski definition) is 1. The van der Waals surface area contributed by atoms with Crippen LogP contribution in [0.4, 0.5) is 5.82 Å². The molecule has 1 fully saturated rings. The summed E-state index contributed by atoms with van der Waals surface area (Å²) in [5.74, 6) is 1.13. The van der Waals surface area contributed by atoms with Crippen molar-refractivity contribution in [1.29, 1.82) is 0 Å². The topological polar surface area (TPSA) is 31.4 Å². The van der Waals surface area contributed by atoms with Crippen molar-refractivity contribution >= 4 is 21.7 Å². The number of rotatable bonds is 4. The van der Waals surface area contributed by atoms with Crippen LogP contribution in [0.1, 0.15) is 33.3 Å². The summed E-state index contributed by atoms with van der Waals surface area (Å²) in [5, 5.41) is 3.41. The first-order chi connectivity index (χ1) is 9.91. The van der Waals surface area contributed by atoms with E-state index in [1.165, 1.54) is 5.56 Å². The van der Waals surface area contributed by atoms with Gasteiger partial charge in [0.2, 0.25) is 0 Å². The van der Waals surface area contributed by atoms with Crippen molar-refractivity contribution in [3.63, 3.8) is 0 Å². The molecule has 0 aromatic carbocycles. The van der Waals surface area contributed by atoms with Crippen LogP contribution < -0.4 is 10.2 Å². The number of hydrogen-bond acceptors (Lipinski definition) is 4. The molecule has 0 bridgehead atoms. The van der Waals surface area contributed by atoms with Crippen LogP contribution in [0.25, 0.3) is 0 Å². The first kappa shape index (κ1) is 16.7. The number of aromatic nitrogens is 1. The van der Waals surface area contributed by atoms with Gasteiger partial charge in [-0.1, -0.05) is 6.92 Å². The van der Waals surface area contributed by atoms with Gasteiger partial charge in [-0.15, -0.1) is 0 Å². The predicted molar refractivity (Wildman–Crippen MR) is 92.9 cm³/mol. The Morgan fingerprint density at radius 1 is 1.24 bits per heavy atom. The van der Waals surface area contributed by atoms with Crippen molar-refractivity contribution in [3.8, 4) is 0 Å². The van der Waals surface area contributed by atoms with Gasteiger partial charge >= 0.3 is 0 Å². The van der Waals surface area contributed by atoms with Crippen LogP contribution in [0.5, 0.6) is 0 Å². The third kappa shape index (κ3) is 4.41. The summed E-state index contributed by atoms with van der Waals surface area (Å²) in [6.07, 6.45) is 1.90. The number of pyridine rings is 1. The van der Waals surface area contributed by atoms with E-state index in [0.29, 0.717) is 0 Å². The third-order valence-electron chi connectivity index (χ3n) is 4.00. The van der Waals surface area contributed by atoms with Crippen LogP contribution in [0.2, 0.25) is 0 Å². The molecule has 0 saturated carbocycles. The lowest BCUT2D eigenvalue weighted by atomic mass is 10.0. The van der Waals surface area contributed by atoms with E-state index in [-0.39, 0.29) is 5.54 Å². The quantitative estimate of drug-likeness (QED) is 0.900. The van der Waals surface area contributed by atoms with Gasteiger partial charge < -0.3 is 10.2 Å². The highest BCUT2D eigenvalue weighted by molar-refractivity contribution is 9.10. The summed E-state index contributed by atoms with van der Waals surface area (Å²) in [4.78, 5) is 9.63. The van der Waals surface area contributed by atoms with E-state index in [9.17, 15) is 0 Å². The highest BCUT2D eigenvalue weighted by Gasteiger charge is 2.27. The van der Waals surface area contributed by atoms with Gasteiger partial charge in [-0.05, 0) is 49.3 Å². The Labute approximate surface area is 137 Å². The molecule has 21 heavy (non-hydrogen) atoms. The number of anilines is 1. The molecule has 1 aromatic rings. The molecule has 118 valence electrons. The molecule has 4 nitrogen and oxygen atoms in total. The van der Waals surface area contributed by atoms with E-state index < -0.39 is 0 Å². The van der Waals surface area contributed by atoms with E-state index in [1.54, 1.807) is 0 Å². The molecular formula is C16H27BrN4. The van der Waals surface area contributed by atoms with Gasteiger partial charge in [0.15, 0.2) is 0 Å². The van der Waals surface area contributed by atoms with Crippen LogP contribution in [0.3, 0.4) is 0 Å². The lowest BCUT2D eigenvalue weighted by molar-refractivity contribution is 0.128. The maximum atomic E-state index is 4.66. The first-order valence-electron chi connectivity index (χ1n) is 7.77. The van der Waals surface area contributed by atoms with Gasteiger partial charge in [0.1, 0.15) is 5.82 Å². The summed E-state index contributed by atoms with van der Waals surface area (Å²) in [6.45, 7) is 15.1. The zero-order chi connectivity index (χ0) is 15.5. The molecular weight excluding hydrogens is 328 g/mol. The molecule has 1 aromatic heterocycles. The van der Waals surface area contributed by atoms with Crippen molar-refractivity contribution < 1.29 is 0 Å². The highest BCUT2D eigenvalue weighted by Crippen LogP contribution is 2.24. The van der Waals surface area contributed by atoms with Crippen molar-refractivity contribution in [2.24, 2.45) is 0 Å².